The van der Waals surface area contributed by atoms with Gasteiger partial charge >= 0.3 is 0 Å². The maximum absolute atomic E-state index is 12.8. The Kier molecular flexibility index (Phi) is 6.61. The Balaban J connectivity index is 1.81. The molecule has 2 rings (SSSR count). The third-order valence-corrected chi connectivity index (χ3v) is 3.64. The SMILES string of the molecule is CCN(Cc1cccc(NCCOc2ccc(F)cc2)c1)C(C)=O. The molecule has 0 unspecified atom stereocenters. The van der Waals surface area contributed by atoms with Gasteiger partial charge in [-0.1, -0.05) is 12.1 Å². The molecule has 0 saturated heterocycles. The van der Waals surface area contributed by atoms with Crippen molar-refractivity contribution in [2.75, 3.05) is 25.0 Å². The monoisotopic (exact) mass is 330 g/mol. The number of carbonyl (C=O) groups is 1. The first-order valence-corrected chi connectivity index (χ1v) is 8.05. The molecule has 5 heteroatoms. The molecule has 0 fully saturated rings. The van der Waals surface area contributed by atoms with Crippen LogP contribution in [0.2, 0.25) is 0 Å². The first-order valence-electron chi connectivity index (χ1n) is 8.05. The molecule has 0 aromatic heterocycles. The Bertz CT molecular complexity index is 659. The van der Waals surface area contributed by atoms with Gasteiger partial charge in [0.05, 0.1) is 0 Å². The third-order valence-electron chi connectivity index (χ3n) is 3.64. The normalized spacial score (nSPS) is 10.3. The van der Waals surface area contributed by atoms with Crippen molar-refractivity contribution in [3.63, 3.8) is 0 Å². The van der Waals surface area contributed by atoms with Gasteiger partial charge in [0.2, 0.25) is 5.91 Å². The van der Waals surface area contributed by atoms with Gasteiger partial charge in [-0.3, -0.25) is 4.79 Å². The largest absolute Gasteiger partial charge is 0.492 e. The van der Waals surface area contributed by atoms with E-state index in [2.05, 4.69) is 5.32 Å². The standard InChI is InChI=1S/C19H23FN2O2/c1-3-22(15(2)23)14-16-5-4-6-18(13-16)21-11-12-24-19-9-7-17(20)8-10-19/h4-10,13,21H,3,11-12,14H2,1-2H3. The number of ether oxygens (including phenoxy) is 1. The van der Waals surface area contributed by atoms with E-state index in [0.29, 0.717) is 32.0 Å². The topological polar surface area (TPSA) is 41.6 Å². The maximum Gasteiger partial charge on any atom is 0.219 e. The van der Waals surface area contributed by atoms with E-state index >= 15 is 0 Å². The lowest BCUT2D eigenvalue weighted by molar-refractivity contribution is -0.129. The molecule has 4 nitrogen and oxygen atoms in total. The van der Waals surface area contributed by atoms with Crippen LogP contribution < -0.4 is 10.1 Å². The number of benzene rings is 2. The lowest BCUT2D eigenvalue weighted by Gasteiger charge is -2.19. The lowest BCUT2D eigenvalue weighted by atomic mass is 10.2. The summed E-state index contributed by atoms with van der Waals surface area (Å²) in [6.07, 6.45) is 0. The Morgan fingerprint density at radius 3 is 2.62 bits per heavy atom. The lowest BCUT2D eigenvalue weighted by Crippen LogP contribution is -2.27. The summed E-state index contributed by atoms with van der Waals surface area (Å²) in [5.41, 5.74) is 2.06. The molecule has 0 bridgehead atoms. The first kappa shape index (κ1) is 17.8. The zero-order valence-electron chi connectivity index (χ0n) is 14.1. The Morgan fingerprint density at radius 1 is 1.21 bits per heavy atom. The van der Waals surface area contributed by atoms with Gasteiger partial charge in [0, 0.05) is 32.2 Å². The third kappa shape index (κ3) is 5.57. The van der Waals surface area contributed by atoms with Gasteiger partial charge in [-0.15, -0.1) is 0 Å². The molecule has 0 spiro atoms. The zero-order valence-corrected chi connectivity index (χ0v) is 14.1. The smallest absolute Gasteiger partial charge is 0.219 e. The number of hydrogen-bond donors (Lipinski definition) is 1. The molecule has 0 aliphatic carbocycles. The maximum atomic E-state index is 12.8. The van der Waals surface area contributed by atoms with Crippen molar-refractivity contribution in [3.8, 4) is 5.75 Å². The summed E-state index contributed by atoms with van der Waals surface area (Å²) in [6, 6.07) is 13.9. The highest BCUT2D eigenvalue weighted by molar-refractivity contribution is 5.73. The molecular formula is C19H23FN2O2. The second-order valence-corrected chi connectivity index (χ2v) is 5.46. The van der Waals surface area contributed by atoms with Crippen LogP contribution in [0, 0.1) is 5.82 Å². The molecule has 1 amide bonds. The second-order valence-electron chi connectivity index (χ2n) is 5.46. The van der Waals surface area contributed by atoms with Crippen LogP contribution in [0.4, 0.5) is 10.1 Å². The molecule has 0 atom stereocenters. The van der Waals surface area contributed by atoms with Gasteiger partial charge in [0.25, 0.3) is 0 Å². The summed E-state index contributed by atoms with van der Waals surface area (Å²) < 4.78 is 18.4. The molecule has 2 aromatic carbocycles. The molecule has 0 heterocycles. The summed E-state index contributed by atoms with van der Waals surface area (Å²) >= 11 is 0. The van der Waals surface area contributed by atoms with Gasteiger partial charge in [-0.25, -0.2) is 4.39 Å². The fraction of sp³-hybridized carbons (Fsp3) is 0.316. The van der Waals surface area contributed by atoms with E-state index in [1.165, 1.54) is 12.1 Å². The highest BCUT2D eigenvalue weighted by atomic mass is 19.1. The van der Waals surface area contributed by atoms with Crippen molar-refractivity contribution in [2.45, 2.75) is 20.4 Å². The number of rotatable bonds is 8. The first-order chi connectivity index (χ1) is 11.6. The van der Waals surface area contributed by atoms with E-state index in [0.717, 1.165) is 11.3 Å². The molecule has 1 N–H and O–H groups in total. The number of halogens is 1. The zero-order chi connectivity index (χ0) is 17.4. The summed E-state index contributed by atoms with van der Waals surface area (Å²) in [7, 11) is 0. The number of hydrogen-bond acceptors (Lipinski definition) is 3. The molecule has 0 aliphatic rings. The van der Waals surface area contributed by atoms with E-state index in [-0.39, 0.29) is 11.7 Å². The van der Waals surface area contributed by atoms with Crippen LogP contribution in [-0.2, 0) is 11.3 Å². The van der Waals surface area contributed by atoms with Crippen molar-refractivity contribution < 1.29 is 13.9 Å². The van der Waals surface area contributed by atoms with E-state index in [1.54, 1.807) is 24.0 Å². The van der Waals surface area contributed by atoms with Crippen LogP contribution in [0.15, 0.2) is 48.5 Å². The highest BCUT2D eigenvalue weighted by Gasteiger charge is 2.07. The molecule has 2 aromatic rings. The van der Waals surface area contributed by atoms with Gasteiger partial charge < -0.3 is 15.0 Å². The molecule has 0 aliphatic heterocycles. The van der Waals surface area contributed by atoms with Crippen LogP contribution in [0.1, 0.15) is 19.4 Å². The van der Waals surface area contributed by atoms with Crippen molar-refractivity contribution in [1.29, 1.82) is 0 Å². The Morgan fingerprint density at radius 2 is 1.96 bits per heavy atom. The number of nitrogens with zero attached hydrogens (tertiary/aromatic N) is 1. The van der Waals surface area contributed by atoms with E-state index in [1.807, 2.05) is 31.2 Å². The molecular weight excluding hydrogens is 307 g/mol. The van der Waals surface area contributed by atoms with E-state index < -0.39 is 0 Å². The molecule has 128 valence electrons. The van der Waals surface area contributed by atoms with Crippen LogP contribution in [0.5, 0.6) is 5.75 Å². The number of amides is 1. The summed E-state index contributed by atoms with van der Waals surface area (Å²) in [4.78, 5) is 13.3. The van der Waals surface area contributed by atoms with Gasteiger partial charge in [0.1, 0.15) is 18.2 Å². The Labute approximate surface area is 142 Å². The summed E-state index contributed by atoms with van der Waals surface area (Å²) in [6.45, 7) is 5.95. The predicted octanol–water partition coefficient (Wildman–Crippen LogP) is 3.69. The molecule has 24 heavy (non-hydrogen) atoms. The van der Waals surface area contributed by atoms with Crippen LogP contribution in [-0.4, -0.2) is 30.5 Å². The van der Waals surface area contributed by atoms with Crippen LogP contribution >= 0.6 is 0 Å². The quantitative estimate of drug-likeness (QED) is 0.751. The average Bonchev–Trinajstić information content (AvgIpc) is 2.58. The average molecular weight is 330 g/mol. The second kappa shape index (κ2) is 8.91. The van der Waals surface area contributed by atoms with E-state index in [4.69, 9.17) is 4.74 Å². The van der Waals surface area contributed by atoms with Crippen molar-refractivity contribution in [1.82, 2.24) is 4.90 Å². The summed E-state index contributed by atoms with van der Waals surface area (Å²) in [5, 5.41) is 3.28. The van der Waals surface area contributed by atoms with Gasteiger partial charge in [-0.05, 0) is 48.9 Å². The fourth-order valence-corrected chi connectivity index (χ4v) is 2.34. The van der Waals surface area contributed by atoms with Crippen LogP contribution in [0.3, 0.4) is 0 Å². The minimum absolute atomic E-state index is 0.0727. The number of nitrogens with one attached hydrogen (secondary N) is 1. The molecule has 0 saturated carbocycles. The fourth-order valence-electron chi connectivity index (χ4n) is 2.34. The Hall–Kier alpha value is -2.56. The van der Waals surface area contributed by atoms with Crippen LogP contribution in [0.25, 0.3) is 0 Å². The van der Waals surface area contributed by atoms with Crippen molar-refractivity contribution >= 4 is 11.6 Å². The minimum atomic E-state index is -0.274. The van der Waals surface area contributed by atoms with E-state index in [9.17, 15) is 9.18 Å². The summed E-state index contributed by atoms with van der Waals surface area (Å²) in [5.74, 6) is 0.444. The minimum Gasteiger partial charge on any atom is -0.492 e. The number of carbonyl (C=O) groups excluding carboxylic acids is 1. The van der Waals surface area contributed by atoms with Crippen molar-refractivity contribution in [2.24, 2.45) is 0 Å². The van der Waals surface area contributed by atoms with Crippen molar-refractivity contribution in [3.05, 3.63) is 59.9 Å². The van der Waals surface area contributed by atoms with Gasteiger partial charge in [0.15, 0.2) is 0 Å². The number of anilines is 1. The van der Waals surface area contributed by atoms with Gasteiger partial charge in [-0.2, -0.15) is 0 Å². The molecule has 0 radical (unpaired) electrons. The predicted molar refractivity (Wildman–Crippen MR) is 93.6 cm³/mol. The highest BCUT2D eigenvalue weighted by Crippen LogP contribution is 2.14.